The van der Waals surface area contributed by atoms with Crippen molar-refractivity contribution < 1.29 is 13.9 Å². The summed E-state index contributed by atoms with van der Waals surface area (Å²) in [6.07, 6.45) is -0.246. The van der Waals surface area contributed by atoms with Gasteiger partial charge >= 0.3 is 5.97 Å². The van der Waals surface area contributed by atoms with Crippen LogP contribution in [0.4, 0.5) is 10.1 Å². The van der Waals surface area contributed by atoms with E-state index in [1.54, 1.807) is 6.92 Å². The summed E-state index contributed by atoms with van der Waals surface area (Å²) in [6.45, 7) is 5.63. The number of nitrogens with two attached hydrogens (primary N) is 1. The Bertz CT molecular complexity index is 391. The molecule has 0 heterocycles. The molecule has 1 unspecified atom stereocenters. The number of esters is 1. The van der Waals surface area contributed by atoms with Crippen LogP contribution >= 0.6 is 0 Å². The van der Waals surface area contributed by atoms with Crippen LogP contribution in [0.5, 0.6) is 0 Å². The van der Waals surface area contributed by atoms with Crippen molar-refractivity contribution in [1.82, 2.24) is 0 Å². The number of benzene rings is 1. The van der Waals surface area contributed by atoms with E-state index >= 15 is 0 Å². The van der Waals surface area contributed by atoms with Gasteiger partial charge in [0.25, 0.3) is 0 Å². The van der Waals surface area contributed by atoms with E-state index in [0.29, 0.717) is 0 Å². The lowest BCUT2D eigenvalue weighted by atomic mass is 10.1. The topological polar surface area (TPSA) is 52.3 Å². The predicted octanol–water partition coefficient (Wildman–Crippen LogP) is 2.61. The molecule has 88 valence electrons. The van der Waals surface area contributed by atoms with Crippen LogP contribution in [0.1, 0.15) is 31.1 Å². The molecule has 0 bridgehead atoms. The van der Waals surface area contributed by atoms with Gasteiger partial charge in [0.05, 0.1) is 5.56 Å². The largest absolute Gasteiger partial charge is 0.459 e. The van der Waals surface area contributed by atoms with Gasteiger partial charge in [0, 0.05) is 5.69 Å². The fourth-order valence-corrected chi connectivity index (χ4v) is 1.07. The molecule has 1 atom stereocenters. The maximum Gasteiger partial charge on any atom is 0.341 e. The van der Waals surface area contributed by atoms with E-state index in [0.717, 1.165) is 6.07 Å². The van der Waals surface area contributed by atoms with Gasteiger partial charge in [-0.2, -0.15) is 0 Å². The van der Waals surface area contributed by atoms with Crippen molar-refractivity contribution in [3.63, 3.8) is 0 Å². The predicted molar refractivity (Wildman–Crippen MR) is 60.5 cm³/mol. The smallest absolute Gasteiger partial charge is 0.341 e. The second-order valence-electron chi connectivity index (χ2n) is 4.09. The van der Waals surface area contributed by atoms with E-state index in [1.165, 1.54) is 12.1 Å². The molecule has 0 aliphatic heterocycles. The summed E-state index contributed by atoms with van der Waals surface area (Å²) in [5, 5.41) is 0. The molecule has 1 aromatic carbocycles. The fourth-order valence-electron chi connectivity index (χ4n) is 1.07. The van der Waals surface area contributed by atoms with E-state index in [9.17, 15) is 9.18 Å². The monoisotopic (exact) mass is 225 g/mol. The van der Waals surface area contributed by atoms with Gasteiger partial charge in [-0.3, -0.25) is 0 Å². The zero-order chi connectivity index (χ0) is 12.3. The first kappa shape index (κ1) is 12.5. The SMILES string of the molecule is CC(C)C(C)OC(=O)c1ccc(N)cc1F. The van der Waals surface area contributed by atoms with Gasteiger partial charge in [-0.25, -0.2) is 9.18 Å². The normalized spacial score (nSPS) is 12.6. The molecule has 1 rings (SSSR count). The number of hydrogen-bond acceptors (Lipinski definition) is 3. The van der Waals surface area contributed by atoms with Gasteiger partial charge in [0.15, 0.2) is 0 Å². The number of halogens is 1. The number of carbonyl (C=O) groups is 1. The summed E-state index contributed by atoms with van der Waals surface area (Å²) in [5.41, 5.74) is 5.59. The van der Waals surface area contributed by atoms with E-state index in [2.05, 4.69) is 0 Å². The summed E-state index contributed by atoms with van der Waals surface area (Å²) in [6, 6.07) is 3.91. The van der Waals surface area contributed by atoms with Crippen LogP contribution in [0.25, 0.3) is 0 Å². The Kier molecular flexibility index (Phi) is 3.88. The third-order valence-electron chi connectivity index (χ3n) is 2.44. The Morgan fingerprint density at radius 3 is 2.50 bits per heavy atom. The molecule has 0 amide bonds. The Hall–Kier alpha value is -1.58. The van der Waals surface area contributed by atoms with Gasteiger partial charge in [0.1, 0.15) is 11.9 Å². The number of anilines is 1. The fraction of sp³-hybridized carbons (Fsp3) is 0.417. The minimum Gasteiger partial charge on any atom is -0.459 e. The maximum absolute atomic E-state index is 13.4. The van der Waals surface area contributed by atoms with Gasteiger partial charge in [-0.1, -0.05) is 13.8 Å². The summed E-state index contributed by atoms with van der Waals surface area (Å²) >= 11 is 0. The average molecular weight is 225 g/mol. The lowest BCUT2D eigenvalue weighted by molar-refractivity contribution is 0.0233. The van der Waals surface area contributed by atoms with Crippen molar-refractivity contribution in [2.24, 2.45) is 5.92 Å². The molecule has 0 fully saturated rings. The summed E-state index contributed by atoms with van der Waals surface area (Å²) < 4.78 is 18.5. The first-order valence-corrected chi connectivity index (χ1v) is 5.18. The van der Waals surface area contributed by atoms with Crippen molar-refractivity contribution in [1.29, 1.82) is 0 Å². The van der Waals surface area contributed by atoms with Crippen molar-refractivity contribution in [3.05, 3.63) is 29.6 Å². The Balaban J connectivity index is 2.81. The molecule has 4 heteroatoms. The van der Waals surface area contributed by atoms with Crippen molar-refractivity contribution in [3.8, 4) is 0 Å². The Morgan fingerprint density at radius 1 is 1.38 bits per heavy atom. The zero-order valence-corrected chi connectivity index (χ0v) is 9.66. The van der Waals surface area contributed by atoms with Gasteiger partial charge in [-0.05, 0) is 31.0 Å². The molecule has 0 aromatic heterocycles. The van der Waals surface area contributed by atoms with Crippen LogP contribution in [0, 0.1) is 11.7 Å². The Labute approximate surface area is 94.4 Å². The third-order valence-corrected chi connectivity index (χ3v) is 2.44. The second-order valence-corrected chi connectivity index (χ2v) is 4.09. The number of hydrogen-bond donors (Lipinski definition) is 1. The number of rotatable bonds is 3. The molecule has 3 nitrogen and oxygen atoms in total. The van der Waals surface area contributed by atoms with E-state index in [1.807, 2.05) is 13.8 Å². The molecule has 0 radical (unpaired) electrons. The molecule has 0 aliphatic carbocycles. The van der Waals surface area contributed by atoms with Crippen molar-refractivity contribution in [2.45, 2.75) is 26.9 Å². The summed E-state index contributed by atoms with van der Waals surface area (Å²) in [5.74, 6) is -1.11. The maximum atomic E-state index is 13.4. The molecular formula is C12H16FNO2. The first-order valence-electron chi connectivity index (χ1n) is 5.18. The molecule has 0 saturated heterocycles. The summed E-state index contributed by atoms with van der Waals surface area (Å²) in [7, 11) is 0. The molecule has 16 heavy (non-hydrogen) atoms. The lowest BCUT2D eigenvalue weighted by Gasteiger charge is -2.16. The zero-order valence-electron chi connectivity index (χ0n) is 9.66. The van der Waals surface area contributed by atoms with Crippen LogP contribution in [-0.2, 0) is 4.74 Å². The second kappa shape index (κ2) is 4.96. The first-order chi connectivity index (χ1) is 7.41. The minimum absolute atomic E-state index is 0.0818. The number of nitrogen functional groups attached to an aromatic ring is 1. The molecule has 2 N–H and O–H groups in total. The highest BCUT2D eigenvalue weighted by Gasteiger charge is 2.17. The Morgan fingerprint density at radius 2 is 2.00 bits per heavy atom. The van der Waals surface area contributed by atoms with Gasteiger partial charge in [0.2, 0.25) is 0 Å². The van der Waals surface area contributed by atoms with Crippen LogP contribution in [-0.4, -0.2) is 12.1 Å². The molecular weight excluding hydrogens is 209 g/mol. The van der Waals surface area contributed by atoms with Crippen molar-refractivity contribution in [2.75, 3.05) is 5.73 Å². The van der Waals surface area contributed by atoms with Crippen LogP contribution in [0.2, 0.25) is 0 Å². The molecule has 0 aliphatic rings. The van der Waals surface area contributed by atoms with E-state index in [-0.39, 0.29) is 23.3 Å². The van der Waals surface area contributed by atoms with Crippen LogP contribution in [0.15, 0.2) is 18.2 Å². The molecule has 0 saturated carbocycles. The minimum atomic E-state index is -0.654. The average Bonchev–Trinajstić information content (AvgIpc) is 2.16. The third kappa shape index (κ3) is 2.95. The van der Waals surface area contributed by atoms with Crippen molar-refractivity contribution >= 4 is 11.7 Å². The van der Waals surface area contributed by atoms with Crippen LogP contribution < -0.4 is 5.73 Å². The van der Waals surface area contributed by atoms with E-state index < -0.39 is 11.8 Å². The number of ether oxygens (including phenoxy) is 1. The van der Waals surface area contributed by atoms with Crippen LogP contribution in [0.3, 0.4) is 0 Å². The van der Waals surface area contributed by atoms with E-state index in [4.69, 9.17) is 10.5 Å². The standard InChI is InChI=1S/C12H16FNO2/c1-7(2)8(3)16-12(15)10-5-4-9(14)6-11(10)13/h4-8H,14H2,1-3H3. The molecule has 1 aromatic rings. The van der Waals surface area contributed by atoms with Gasteiger partial charge in [-0.15, -0.1) is 0 Å². The summed E-state index contributed by atoms with van der Waals surface area (Å²) in [4.78, 5) is 11.6. The molecule has 0 spiro atoms. The lowest BCUT2D eigenvalue weighted by Crippen LogP contribution is -2.20. The quantitative estimate of drug-likeness (QED) is 0.635. The highest BCUT2D eigenvalue weighted by molar-refractivity contribution is 5.90. The van der Waals surface area contributed by atoms with Gasteiger partial charge < -0.3 is 10.5 Å². The highest BCUT2D eigenvalue weighted by atomic mass is 19.1. The number of carbonyl (C=O) groups excluding carboxylic acids is 1. The highest BCUT2D eigenvalue weighted by Crippen LogP contribution is 2.15.